The number of carbonyl (C=O) groups is 2. The third-order valence-electron chi connectivity index (χ3n) is 5.72. The number of alkyl halides is 6. The molecule has 1 amide bonds. The van der Waals surface area contributed by atoms with Crippen LogP contribution in [-0.4, -0.2) is 22.0 Å². The maximum atomic E-state index is 13.6. The number of hydrogen-bond donors (Lipinski definition) is 2. The van der Waals surface area contributed by atoms with E-state index in [4.69, 9.17) is 5.11 Å². The van der Waals surface area contributed by atoms with Gasteiger partial charge in [0, 0.05) is 12.1 Å². The summed E-state index contributed by atoms with van der Waals surface area (Å²) in [6.07, 6.45) is -7.38. The quantitative estimate of drug-likeness (QED) is 0.583. The number of pyridine rings is 1. The first-order valence-corrected chi connectivity index (χ1v) is 10.1. The van der Waals surface area contributed by atoms with Crippen molar-refractivity contribution in [2.24, 2.45) is 11.8 Å². The van der Waals surface area contributed by atoms with Crippen molar-refractivity contribution in [3.05, 3.63) is 65.0 Å². The highest BCUT2D eigenvalue weighted by Crippen LogP contribution is 2.37. The van der Waals surface area contributed by atoms with Gasteiger partial charge >= 0.3 is 18.3 Å². The first-order valence-electron chi connectivity index (χ1n) is 10.1. The summed E-state index contributed by atoms with van der Waals surface area (Å²) < 4.78 is 79.6. The summed E-state index contributed by atoms with van der Waals surface area (Å²) in [6.45, 7) is 0. The summed E-state index contributed by atoms with van der Waals surface area (Å²) in [6, 6.07) is 3.86. The van der Waals surface area contributed by atoms with Gasteiger partial charge in [-0.05, 0) is 55.5 Å². The van der Waals surface area contributed by atoms with Crippen molar-refractivity contribution in [2.45, 2.75) is 44.1 Å². The second kappa shape index (κ2) is 9.40. The number of nitrogens with zero attached hydrogens (tertiary/aromatic N) is 1. The van der Waals surface area contributed by atoms with E-state index in [-0.39, 0.29) is 31.2 Å². The highest BCUT2D eigenvalue weighted by atomic mass is 19.4. The van der Waals surface area contributed by atoms with E-state index < -0.39 is 58.9 Å². The maximum Gasteiger partial charge on any atom is 0.418 e. The summed E-state index contributed by atoms with van der Waals surface area (Å²) in [5.74, 6) is -2.80. The van der Waals surface area contributed by atoms with E-state index >= 15 is 0 Å². The predicted octanol–water partition coefficient (Wildman–Crippen LogP) is 5.22. The minimum Gasteiger partial charge on any atom is -0.481 e. The number of rotatable bonds is 5. The van der Waals surface area contributed by atoms with Gasteiger partial charge in [-0.3, -0.25) is 14.6 Å². The number of hydrogen-bond acceptors (Lipinski definition) is 3. The third kappa shape index (κ3) is 5.82. The molecule has 1 aromatic heterocycles. The van der Waals surface area contributed by atoms with E-state index in [0.29, 0.717) is 0 Å². The number of aromatic nitrogens is 1. The molecule has 1 fully saturated rings. The number of halogens is 6. The van der Waals surface area contributed by atoms with Gasteiger partial charge in [-0.1, -0.05) is 12.1 Å². The fraction of sp³-hybridized carbons (Fsp3) is 0.409. The van der Waals surface area contributed by atoms with Gasteiger partial charge in [-0.15, -0.1) is 0 Å². The molecular formula is C22H20F6N2O3. The van der Waals surface area contributed by atoms with Crippen LogP contribution >= 0.6 is 0 Å². The standard InChI is InChI=1S/C22H20F6N2O3/c23-21(24,25)15-9-7-12(8-10-15)17(18-16(22(26,27)28)2-1-11-29-18)30-19(31)13-3-5-14(6-4-13)20(32)33/h1-2,7-11,13-14,17H,3-6H2,(H,30,31)(H,32,33)/t13?,14?,17-/m0/s1. The molecule has 11 heteroatoms. The van der Waals surface area contributed by atoms with Gasteiger partial charge in [0.05, 0.1) is 28.8 Å². The summed E-state index contributed by atoms with van der Waals surface area (Å²) in [5.41, 5.74) is -2.65. The molecule has 0 aliphatic heterocycles. The number of benzene rings is 1. The van der Waals surface area contributed by atoms with Crippen molar-refractivity contribution in [2.75, 3.05) is 0 Å². The Labute approximate surface area is 184 Å². The molecule has 33 heavy (non-hydrogen) atoms. The summed E-state index contributed by atoms with van der Waals surface area (Å²) in [7, 11) is 0. The van der Waals surface area contributed by atoms with Crippen LogP contribution < -0.4 is 5.32 Å². The lowest BCUT2D eigenvalue weighted by molar-refractivity contribution is -0.144. The summed E-state index contributed by atoms with van der Waals surface area (Å²) in [5, 5.41) is 11.6. The van der Waals surface area contributed by atoms with Crippen molar-refractivity contribution >= 4 is 11.9 Å². The van der Waals surface area contributed by atoms with E-state index in [1.165, 1.54) is 0 Å². The number of carboxylic acids is 1. The molecule has 0 unspecified atom stereocenters. The number of carbonyl (C=O) groups excluding carboxylic acids is 1. The fourth-order valence-electron chi connectivity index (χ4n) is 3.92. The minimum atomic E-state index is -4.81. The van der Waals surface area contributed by atoms with Crippen molar-refractivity contribution in [3.8, 4) is 0 Å². The zero-order valence-electron chi connectivity index (χ0n) is 17.1. The second-order valence-electron chi connectivity index (χ2n) is 7.88. The molecule has 1 heterocycles. The van der Waals surface area contributed by atoms with Crippen LogP contribution in [0, 0.1) is 11.8 Å². The monoisotopic (exact) mass is 474 g/mol. The highest BCUT2D eigenvalue weighted by molar-refractivity contribution is 5.80. The van der Waals surface area contributed by atoms with Crippen LogP contribution in [0.15, 0.2) is 42.6 Å². The van der Waals surface area contributed by atoms with Gasteiger partial charge in [0.1, 0.15) is 0 Å². The van der Waals surface area contributed by atoms with Crippen LogP contribution in [0.4, 0.5) is 26.3 Å². The maximum absolute atomic E-state index is 13.6. The Kier molecular flexibility index (Phi) is 6.99. The summed E-state index contributed by atoms with van der Waals surface area (Å²) in [4.78, 5) is 27.8. The number of carboxylic acid groups (broad SMARTS) is 1. The largest absolute Gasteiger partial charge is 0.481 e. The Bertz CT molecular complexity index is 996. The molecule has 0 saturated heterocycles. The minimum absolute atomic E-state index is 0.000211. The van der Waals surface area contributed by atoms with Gasteiger partial charge in [0.15, 0.2) is 0 Å². The van der Waals surface area contributed by atoms with Gasteiger partial charge in [0.25, 0.3) is 0 Å². The highest BCUT2D eigenvalue weighted by Gasteiger charge is 2.38. The Morgan fingerprint density at radius 3 is 2.00 bits per heavy atom. The van der Waals surface area contributed by atoms with Crippen molar-refractivity contribution in [1.29, 1.82) is 0 Å². The topological polar surface area (TPSA) is 79.3 Å². The smallest absolute Gasteiger partial charge is 0.418 e. The van der Waals surface area contributed by atoms with Crippen molar-refractivity contribution in [3.63, 3.8) is 0 Å². The van der Waals surface area contributed by atoms with Crippen molar-refractivity contribution in [1.82, 2.24) is 10.3 Å². The van der Waals surface area contributed by atoms with E-state index in [9.17, 15) is 35.9 Å². The molecule has 0 bridgehead atoms. The molecule has 178 valence electrons. The molecule has 1 aromatic carbocycles. The van der Waals surface area contributed by atoms with Crippen LogP contribution in [0.5, 0.6) is 0 Å². The third-order valence-corrected chi connectivity index (χ3v) is 5.72. The Hall–Kier alpha value is -3.11. The lowest BCUT2D eigenvalue weighted by Gasteiger charge is -2.28. The summed E-state index contributed by atoms with van der Waals surface area (Å²) >= 11 is 0. The van der Waals surface area contributed by atoms with E-state index in [0.717, 1.165) is 42.6 Å². The Morgan fingerprint density at radius 1 is 0.909 bits per heavy atom. The van der Waals surface area contributed by atoms with Crippen LogP contribution in [0.1, 0.15) is 54.1 Å². The average Bonchev–Trinajstić information content (AvgIpc) is 2.76. The van der Waals surface area contributed by atoms with Crippen molar-refractivity contribution < 1.29 is 41.0 Å². The first kappa shape index (κ1) is 24.5. The lowest BCUT2D eigenvalue weighted by atomic mass is 9.81. The van der Waals surface area contributed by atoms with Crippen LogP contribution in [0.25, 0.3) is 0 Å². The molecular weight excluding hydrogens is 454 g/mol. The van der Waals surface area contributed by atoms with Crippen LogP contribution in [0.2, 0.25) is 0 Å². The number of aliphatic carboxylic acids is 1. The molecule has 5 nitrogen and oxygen atoms in total. The fourth-order valence-corrected chi connectivity index (χ4v) is 3.92. The van der Waals surface area contributed by atoms with E-state index in [2.05, 4.69) is 10.3 Å². The molecule has 2 aromatic rings. The second-order valence-corrected chi connectivity index (χ2v) is 7.88. The molecule has 1 saturated carbocycles. The van der Waals surface area contributed by atoms with E-state index in [1.54, 1.807) is 0 Å². The van der Waals surface area contributed by atoms with Gasteiger partial charge in [-0.2, -0.15) is 26.3 Å². The van der Waals surface area contributed by atoms with Gasteiger partial charge in [-0.25, -0.2) is 0 Å². The normalized spacial score (nSPS) is 20.2. The molecule has 0 spiro atoms. The number of nitrogens with one attached hydrogen (secondary N) is 1. The zero-order chi connectivity index (χ0) is 24.4. The number of amides is 1. The molecule has 2 N–H and O–H groups in total. The molecule has 1 atom stereocenters. The molecule has 1 aliphatic rings. The van der Waals surface area contributed by atoms with Gasteiger partial charge < -0.3 is 10.4 Å². The molecule has 0 radical (unpaired) electrons. The van der Waals surface area contributed by atoms with E-state index in [1.807, 2.05) is 0 Å². The first-order chi connectivity index (χ1) is 15.4. The Balaban J connectivity index is 1.94. The predicted molar refractivity (Wildman–Crippen MR) is 104 cm³/mol. The van der Waals surface area contributed by atoms with Crippen LogP contribution in [0.3, 0.4) is 0 Å². The lowest BCUT2D eigenvalue weighted by Crippen LogP contribution is -2.38. The average molecular weight is 474 g/mol. The van der Waals surface area contributed by atoms with Crippen LogP contribution in [-0.2, 0) is 21.9 Å². The molecule has 3 rings (SSSR count). The zero-order valence-corrected chi connectivity index (χ0v) is 17.1. The van der Waals surface area contributed by atoms with Gasteiger partial charge in [0.2, 0.25) is 5.91 Å². The SMILES string of the molecule is O=C(O)C1CCC(C(=O)N[C@@H](c2ccc(C(F)(F)F)cc2)c2ncccc2C(F)(F)F)CC1. The molecule has 1 aliphatic carbocycles. The Morgan fingerprint density at radius 2 is 1.48 bits per heavy atom.